The average molecular weight is 546 g/mol. The van der Waals surface area contributed by atoms with Gasteiger partial charge < -0.3 is 9.80 Å². The third kappa shape index (κ3) is 4.55. The predicted molar refractivity (Wildman–Crippen MR) is 137 cm³/mol. The van der Waals surface area contributed by atoms with E-state index < -0.39 is 29.0 Å². The van der Waals surface area contributed by atoms with Crippen LogP contribution in [0.4, 0.5) is 28.9 Å². The van der Waals surface area contributed by atoms with Crippen molar-refractivity contribution in [3.63, 3.8) is 0 Å². The van der Waals surface area contributed by atoms with Gasteiger partial charge >= 0.3 is 6.18 Å². The number of piperidine rings is 1. The number of anilines is 2. The average Bonchev–Trinajstić information content (AvgIpc) is 3.51. The Hall–Kier alpha value is -3.18. The molecule has 2 aromatic rings. The lowest BCUT2D eigenvalue weighted by Gasteiger charge is -2.44. The zero-order valence-electron chi connectivity index (χ0n) is 21.4. The summed E-state index contributed by atoms with van der Waals surface area (Å²) in [5.74, 6) is -0.861. The van der Waals surface area contributed by atoms with Gasteiger partial charge in [-0.15, -0.1) is 0 Å². The zero-order chi connectivity index (χ0) is 27.4. The van der Waals surface area contributed by atoms with E-state index in [-0.39, 0.29) is 24.2 Å². The maximum Gasteiger partial charge on any atom is 0.416 e. The Morgan fingerprint density at radius 1 is 1.03 bits per heavy atom. The fraction of sp³-hybridized carbons (Fsp3) is 0.500. The summed E-state index contributed by atoms with van der Waals surface area (Å²) < 4.78 is 55.2. The van der Waals surface area contributed by atoms with E-state index >= 15 is 0 Å². The second-order valence-electron chi connectivity index (χ2n) is 11.1. The Labute approximate surface area is 224 Å². The summed E-state index contributed by atoms with van der Waals surface area (Å²) in [5.41, 5.74) is 4.70. The number of carbonyl (C=O) groups is 2. The molecule has 3 unspecified atom stereocenters. The van der Waals surface area contributed by atoms with Crippen molar-refractivity contribution < 1.29 is 27.2 Å². The molecular weight excluding hydrogens is 514 g/mol. The first kappa shape index (κ1) is 26.1. The molecule has 39 heavy (non-hydrogen) atoms. The third-order valence-corrected chi connectivity index (χ3v) is 8.96. The van der Waals surface area contributed by atoms with Crippen LogP contribution in [0.3, 0.4) is 0 Å². The van der Waals surface area contributed by atoms with Crippen LogP contribution in [0, 0.1) is 17.7 Å². The van der Waals surface area contributed by atoms with Crippen molar-refractivity contribution in [3.8, 4) is 0 Å². The lowest BCUT2D eigenvalue weighted by molar-refractivity contribution is -0.140. The van der Waals surface area contributed by atoms with Gasteiger partial charge in [0, 0.05) is 37.3 Å². The van der Waals surface area contributed by atoms with E-state index in [2.05, 4.69) is 10.9 Å². The molecule has 3 atom stereocenters. The van der Waals surface area contributed by atoms with E-state index in [4.69, 9.17) is 0 Å². The minimum Gasteiger partial charge on any atom is -0.342 e. The molecule has 2 aromatic carbocycles. The maximum absolute atomic E-state index is 14.9. The van der Waals surface area contributed by atoms with Crippen LogP contribution in [0.25, 0.3) is 0 Å². The molecule has 2 amide bonds. The summed E-state index contributed by atoms with van der Waals surface area (Å²) in [6.07, 6.45) is -1.48. The summed E-state index contributed by atoms with van der Waals surface area (Å²) in [5, 5.41) is 0. The highest BCUT2D eigenvalue weighted by molar-refractivity contribution is 6.06. The molecule has 0 radical (unpaired) electrons. The van der Waals surface area contributed by atoms with E-state index in [0.29, 0.717) is 50.0 Å². The lowest BCUT2D eigenvalue weighted by atomic mass is 9.77. The topological polar surface area (TPSA) is 67.9 Å². The first-order valence-electron chi connectivity index (χ1n) is 13.5. The molecule has 3 aliphatic heterocycles. The minimum atomic E-state index is -4.67. The number of halogens is 4. The molecule has 0 aromatic heterocycles. The molecule has 4 aliphatic rings. The molecule has 1 spiro atoms. The molecule has 0 bridgehead atoms. The van der Waals surface area contributed by atoms with Crippen molar-refractivity contribution >= 4 is 23.2 Å². The molecule has 3 saturated heterocycles. The number of rotatable bonds is 3. The molecule has 1 aliphatic carbocycles. The first-order chi connectivity index (χ1) is 18.7. The van der Waals surface area contributed by atoms with Gasteiger partial charge in [-0.25, -0.2) is 4.39 Å². The molecule has 1 saturated carbocycles. The number of alkyl halides is 3. The van der Waals surface area contributed by atoms with E-state index in [1.165, 1.54) is 0 Å². The van der Waals surface area contributed by atoms with Gasteiger partial charge in [-0.3, -0.25) is 25.3 Å². The van der Waals surface area contributed by atoms with Crippen LogP contribution >= 0.6 is 0 Å². The van der Waals surface area contributed by atoms with Crippen LogP contribution < -0.4 is 20.7 Å². The normalized spacial score (nSPS) is 26.8. The van der Waals surface area contributed by atoms with E-state index in [1.807, 2.05) is 40.1 Å². The van der Waals surface area contributed by atoms with Gasteiger partial charge in [-0.2, -0.15) is 13.2 Å². The van der Waals surface area contributed by atoms with Crippen molar-refractivity contribution in [2.45, 2.75) is 49.9 Å². The van der Waals surface area contributed by atoms with E-state index in [1.54, 1.807) is 0 Å². The quantitative estimate of drug-likeness (QED) is 0.573. The van der Waals surface area contributed by atoms with E-state index in [9.17, 15) is 27.2 Å². The fourth-order valence-electron chi connectivity index (χ4n) is 6.79. The summed E-state index contributed by atoms with van der Waals surface area (Å²) in [6, 6.07) is 11.7. The Morgan fingerprint density at radius 2 is 1.77 bits per heavy atom. The van der Waals surface area contributed by atoms with Crippen molar-refractivity contribution in [1.82, 2.24) is 15.8 Å². The second kappa shape index (κ2) is 9.78. The smallest absolute Gasteiger partial charge is 0.342 e. The number of hydrogen-bond donors (Lipinski definition) is 2. The number of para-hydroxylation sites is 1. The number of amides is 2. The molecular formula is C28H31F4N5O2. The van der Waals surface area contributed by atoms with Gasteiger partial charge in [0.05, 0.1) is 17.9 Å². The van der Waals surface area contributed by atoms with Crippen LogP contribution in [0.15, 0.2) is 48.5 Å². The Bertz CT molecular complexity index is 1250. The summed E-state index contributed by atoms with van der Waals surface area (Å²) in [7, 11) is 0. The van der Waals surface area contributed by atoms with Crippen LogP contribution in [-0.4, -0.2) is 54.6 Å². The van der Waals surface area contributed by atoms with Crippen molar-refractivity contribution in [2.24, 2.45) is 11.8 Å². The van der Waals surface area contributed by atoms with E-state index in [0.717, 1.165) is 42.5 Å². The monoisotopic (exact) mass is 545 g/mol. The molecule has 208 valence electrons. The Morgan fingerprint density at radius 3 is 2.49 bits per heavy atom. The number of carbonyl (C=O) groups excluding carboxylic acids is 2. The SMILES string of the molecule is O=C(C1CCC2NNCC2C1)N1CCC2(CC1)C(=O)N(c1cc(C(F)(F)F)ccc1F)CN2c1ccccc1. The minimum absolute atomic E-state index is 0.0535. The number of likely N-dealkylation sites (tertiary alicyclic amines) is 1. The van der Waals surface area contributed by atoms with Crippen LogP contribution in [0.5, 0.6) is 0 Å². The molecule has 6 rings (SSSR count). The number of nitrogens with one attached hydrogen (secondary N) is 2. The predicted octanol–water partition coefficient (Wildman–Crippen LogP) is 3.91. The van der Waals surface area contributed by atoms with Gasteiger partial charge in [0.15, 0.2) is 0 Å². The third-order valence-electron chi connectivity index (χ3n) is 8.96. The largest absolute Gasteiger partial charge is 0.416 e. The maximum atomic E-state index is 14.9. The van der Waals surface area contributed by atoms with Gasteiger partial charge in [0.25, 0.3) is 5.91 Å². The standard InChI is InChI=1S/C28H31F4N5O2/c29-22-8-7-20(28(30,31)32)15-24(22)36-17-37(21-4-2-1-3-5-21)27(26(36)39)10-12-35(13-11-27)25(38)18-6-9-23-19(14-18)16-33-34-23/h1-5,7-8,15,18-19,23,33-34H,6,9-14,16-17H2. The number of hydrogen-bond acceptors (Lipinski definition) is 5. The number of nitrogens with zero attached hydrogens (tertiary/aromatic N) is 3. The molecule has 3 heterocycles. The summed E-state index contributed by atoms with van der Waals surface area (Å²) >= 11 is 0. The molecule has 11 heteroatoms. The zero-order valence-corrected chi connectivity index (χ0v) is 21.4. The number of benzene rings is 2. The van der Waals surface area contributed by atoms with Crippen molar-refractivity contribution in [2.75, 3.05) is 36.1 Å². The Kier molecular flexibility index (Phi) is 6.53. The molecule has 7 nitrogen and oxygen atoms in total. The fourth-order valence-corrected chi connectivity index (χ4v) is 6.79. The molecule has 2 N–H and O–H groups in total. The number of fused-ring (bicyclic) bond motifs is 1. The van der Waals surface area contributed by atoms with Gasteiger partial charge in [0.1, 0.15) is 11.4 Å². The highest BCUT2D eigenvalue weighted by Crippen LogP contribution is 2.43. The number of hydrazine groups is 1. The highest BCUT2D eigenvalue weighted by atomic mass is 19.4. The van der Waals surface area contributed by atoms with Crippen molar-refractivity contribution in [1.29, 1.82) is 0 Å². The van der Waals surface area contributed by atoms with Gasteiger partial charge in [0.2, 0.25) is 5.91 Å². The van der Waals surface area contributed by atoms with Crippen molar-refractivity contribution in [3.05, 3.63) is 59.9 Å². The van der Waals surface area contributed by atoms with Crippen LogP contribution in [-0.2, 0) is 15.8 Å². The summed E-state index contributed by atoms with van der Waals surface area (Å²) in [4.78, 5) is 32.3. The Balaban J connectivity index is 1.26. The second-order valence-corrected chi connectivity index (χ2v) is 11.1. The summed E-state index contributed by atoms with van der Waals surface area (Å²) in [6.45, 7) is 1.47. The van der Waals surface area contributed by atoms with Crippen LogP contribution in [0.2, 0.25) is 0 Å². The van der Waals surface area contributed by atoms with Gasteiger partial charge in [-0.05, 0) is 68.4 Å². The molecule has 4 fully saturated rings. The lowest BCUT2D eigenvalue weighted by Crippen LogP contribution is -2.58. The van der Waals surface area contributed by atoms with Crippen LogP contribution in [0.1, 0.15) is 37.7 Å². The first-order valence-corrected chi connectivity index (χ1v) is 13.5. The highest BCUT2D eigenvalue weighted by Gasteiger charge is 2.55. The van der Waals surface area contributed by atoms with Gasteiger partial charge in [-0.1, -0.05) is 18.2 Å².